The van der Waals surface area contributed by atoms with Gasteiger partial charge in [0.2, 0.25) is 11.8 Å². The molecule has 0 unspecified atom stereocenters. The van der Waals surface area contributed by atoms with Gasteiger partial charge in [0.1, 0.15) is 0 Å². The van der Waals surface area contributed by atoms with E-state index in [9.17, 15) is 9.59 Å². The Hall–Kier alpha value is -2.62. The second-order valence-corrected chi connectivity index (χ2v) is 7.32. The summed E-state index contributed by atoms with van der Waals surface area (Å²) >= 11 is 0. The van der Waals surface area contributed by atoms with Gasteiger partial charge in [-0.15, -0.1) is 0 Å². The van der Waals surface area contributed by atoms with Gasteiger partial charge in [-0.3, -0.25) is 9.59 Å². The molecule has 26 heavy (non-hydrogen) atoms. The quantitative estimate of drug-likeness (QED) is 0.864. The number of nitrogens with one attached hydrogen (secondary N) is 1. The largest absolute Gasteiger partial charge is 0.366 e. The van der Waals surface area contributed by atoms with E-state index in [1.807, 2.05) is 6.07 Å². The lowest BCUT2D eigenvalue weighted by Gasteiger charge is -2.27. The van der Waals surface area contributed by atoms with Crippen LogP contribution in [0.3, 0.4) is 0 Å². The van der Waals surface area contributed by atoms with E-state index in [1.54, 1.807) is 18.2 Å². The van der Waals surface area contributed by atoms with Gasteiger partial charge in [-0.1, -0.05) is 50.2 Å². The normalized spacial score (nSPS) is 16.2. The van der Waals surface area contributed by atoms with Crippen LogP contribution < -0.4 is 11.1 Å². The Bertz CT molecular complexity index is 827. The van der Waals surface area contributed by atoms with Gasteiger partial charge in [-0.05, 0) is 53.5 Å². The average molecular weight is 350 g/mol. The molecule has 136 valence electrons. The van der Waals surface area contributed by atoms with Gasteiger partial charge in [0.25, 0.3) is 0 Å². The Morgan fingerprint density at radius 2 is 1.96 bits per heavy atom. The van der Waals surface area contributed by atoms with Crippen molar-refractivity contribution in [3.05, 3.63) is 70.3 Å². The van der Waals surface area contributed by atoms with Crippen LogP contribution in [0.1, 0.15) is 71.3 Å². The predicted molar refractivity (Wildman–Crippen MR) is 103 cm³/mol. The summed E-state index contributed by atoms with van der Waals surface area (Å²) < 4.78 is 0. The fourth-order valence-electron chi connectivity index (χ4n) is 3.66. The summed E-state index contributed by atoms with van der Waals surface area (Å²) in [7, 11) is 0. The minimum atomic E-state index is -0.502. The molecule has 0 saturated heterocycles. The Morgan fingerprint density at radius 1 is 1.19 bits per heavy atom. The molecule has 2 amide bonds. The topological polar surface area (TPSA) is 72.2 Å². The second kappa shape index (κ2) is 7.73. The fourth-order valence-corrected chi connectivity index (χ4v) is 3.66. The molecule has 2 aromatic rings. The molecule has 4 nitrogen and oxygen atoms in total. The number of nitrogens with two attached hydrogens (primary N) is 1. The number of benzene rings is 2. The highest BCUT2D eigenvalue weighted by atomic mass is 16.2. The molecule has 3 rings (SSSR count). The third-order valence-electron chi connectivity index (χ3n) is 5.12. The molecule has 0 aromatic heterocycles. The maximum absolute atomic E-state index is 12.6. The average Bonchev–Trinajstić information content (AvgIpc) is 2.61. The zero-order valence-electron chi connectivity index (χ0n) is 15.4. The first-order valence-corrected chi connectivity index (χ1v) is 9.25. The molecule has 1 aliphatic carbocycles. The molecule has 3 N–H and O–H groups in total. The molecule has 4 heteroatoms. The number of amides is 2. The molecule has 1 atom stereocenters. The Balaban J connectivity index is 1.77. The van der Waals surface area contributed by atoms with Crippen molar-refractivity contribution in [3.63, 3.8) is 0 Å². The summed E-state index contributed by atoms with van der Waals surface area (Å²) in [6, 6.07) is 13.7. The summed E-state index contributed by atoms with van der Waals surface area (Å²) in [4.78, 5) is 24.2. The highest BCUT2D eigenvalue weighted by Crippen LogP contribution is 2.32. The molecule has 0 bridgehead atoms. The number of primary amides is 1. The molecule has 2 aromatic carbocycles. The molecule has 1 aliphatic rings. The third-order valence-corrected chi connectivity index (χ3v) is 5.12. The smallest absolute Gasteiger partial charge is 0.248 e. The Morgan fingerprint density at radius 3 is 2.69 bits per heavy atom. The van der Waals surface area contributed by atoms with Gasteiger partial charge in [-0.2, -0.15) is 0 Å². The van der Waals surface area contributed by atoms with E-state index in [4.69, 9.17) is 5.73 Å². The Kier molecular flexibility index (Phi) is 5.40. The van der Waals surface area contributed by atoms with Crippen molar-refractivity contribution in [2.75, 3.05) is 0 Å². The van der Waals surface area contributed by atoms with Crippen LogP contribution in [0.4, 0.5) is 0 Å². The van der Waals surface area contributed by atoms with Crippen LogP contribution in [-0.2, 0) is 17.6 Å². The lowest BCUT2D eigenvalue weighted by Crippen LogP contribution is -2.32. The van der Waals surface area contributed by atoms with Crippen LogP contribution in [-0.4, -0.2) is 11.8 Å². The molecule has 0 spiro atoms. The number of carbonyl (C=O) groups is 2. The van der Waals surface area contributed by atoms with E-state index >= 15 is 0 Å². The van der Waals surface area contributed by atoms with Crippen LogP contribution in [0.2, 0.25) is 0 Å². The van der Waals surface area contributed by atoms with E-state index in [0.29, 0.717) is 17.0 Å². The summed E-state index contributed by atoms with van der Waals surface area (Å²) in [5.74, 6) is -0.120. The van der Waals surface area contributed by atoms with Crippen LogP contribution in [0.25, 0.3) is 0 Å². The summed E-state index contributed by atoms with van der Waals surface area (Å²) in [6.45, 7) is 4.36. The van der Waals surface area contributed by atoms with Gasteiger partial charge in [0.05, 0.1) is 12.5 Å². The number of aryl methyl sites for hydroxylation is 1. The summed E-state index contributed by atoms with van der Waals surface area (Å²) in [5.41, 5.74) is 10.3. The second-order valence-electron chi connectivity index (χ2n) is 7.32. The maximum Gasteiger partial charge on any atom is 0.248 e. The van der Waals surface area contributed by atoms with Crippen molar-refractivity contribution < 1.29 is 9.59 Å². The van der Waals surface area contributed by atoms with Gasteiger partial charge in [0.15, 0.2) is 0 Å². The SMILES string of the molecule is CC(C)c1ccc2c(c1)[C@H](NC(=O)Cc1ccccc1C(N)=O)CCC2. The molecule has 0 radical (unpaired) electrons. The van der Waals surface area contributed by atoms with Gasteiger partial charge in [0, 0.05) is 5.56 Å². The zero-order valence-corrected chi connectivity index (χ0v) is 15.4. The predicted octanol–water partition coefficient (Wildman–Crippen LogP) is 3.65. The molecular weight excluding hydrogens is 324 g/mol. The maximum atomic E-state index is 12.6. The molecule has 0 heterocycles. The highest BCUT2D eigenvalue weighted by Gasteiger charge is 2.23. The Labute approximate surface area is 154 Å². The number of hydrogen-bond donors (Lipinski definition) is 2. The minimum absolute atomic E-state index is 0.0330. The highest BCUT2D eigenvalue weighted by molar-refractivity contribution is 5.95. The van der Waals surface area contributed by atoms with Crippen molar-refractivity contribution in [2.45, 2.75) is 51.5 Å². The first-order chi connectivity index (χ1) is 12.5. The van der Waals surface area contributed by atoms with Crippen LogP contribution in [0, 0.1) is 0 Å². The standard InChI is InChI=1S/C22H26N2O2/c1-14(2)16-11-10-15-7-5-9-20(19(15)12-16)24-21(25)13-17-6-3-4-8-18(17)22(23)26/h3-4,6,8,10-12,14,20H,5,7,9,13H2,1-2H3,(H2,23,26)(H,24,25)/t20-/m1/s1. The van der Waals surface area contributed by atoms with E-state index in [0.717, 1.165) is 19.3 Å². The lowest BCUT2D eigenvalue weighted by molar-refractivity contribution is -0.121. The monoisotopic (exact) mass is 350 g/mol. The first-order valence-electron chi connectivity index (χ1n) is 9.25. The number of carbonyl (C=O) groups excluding carboxylic acids is 2. The van der Waals surface area contributed by atoms with Crippen LogP contribution in [0.5, 0.6) is 0 Å². The van der Waals surface area contributed by atoms with Gasteiger partial charge in [-0.25, -0.2) is 0 Å². The molecule has 0 saturated carbocycles. The van der Waals surface area contributed by atoms with E-state index in [2.05, 4.69) is 37.4 Å². The summed E-state index contributed by atoms with van der Waals surface area (Å²) in [5, 5.41) is 3.16. The number of hydrogen-bond acceptors (Lipinski definition) is 2. The molecule has 0 aliphatic heterocycles. The van der Waals surface area contributed by atoms with Crippen molar-refractivity contribution >= 4 is 11.8 Å². The van der Waals surface area contributed by atoms with Crippen LogP contribution in [0.15, 0.2) is 42.5 Å². The number of rotatable bonds is 5. The van der Waals surface area contributed by atoms with E-state index in [1.165, 1.54) is 16.7 Å². The minimum Gasteiger partial charge on any atom is -0.366 e. The molecule has 0 fully saturated rings. The van der Waals surface area contributed by atoms with Gasteiger partial charge >= 0.3 is 0 Å². The molecular formula is C22H26N2O2. The third kappa shape index (κ3) is 3.96. The van der Waals surface area contributed by atoms with Crippen molar-refractivity contribution in [1.82, 2.24) is 5.32 Å². The fraction of sp³-hybridized carbons (Fsp3) is 0.364. The lowest BCUT2D eigenvalue weighted by atomic mass is 9.85. The summed E-state index contributed by atoms with van der Waals surface area (Å²) in [6.07, 6.45) is 3.23. The zero-order chi connectivity index (χ0) is 18.7. The van der Waals surface area contributed by atoms with Crippen molar-refractivity contribution in [1.29, 1.82) is 0 Å². The number of fused-ring (bicyclic) bond motifs is 1. The van der Waals surface area contributed by atoms with Crippen molar-refractivity contribution in [3.8, 4) is 0 Å². The van der Waals surface area contributed by atoms with Crippen LogP contribution >= 0.6 is 0 Å². The first kappa shape index (κ1) is 18.2. The van der Waals surface area contributed by atoms with E-state index < -0.39 is 5.91 Å². The van der Waals surface area contributed by atoms with Gasteiger partial charge < -0.3 is 11.1 Å². The van der Waals surface area contributed by atoms with Crippen molar-refractivity contribution in [2.24, 2.45) is 5.73 Å². The van der Waals surface area contributed by atoms with E-state index in [-0.39, 0.29) is 18.4 Å².